The van der Waals surface area contributed by atoms with Crippen LogP contribution in [0.5, 0.6) is 0 Å². The Morgan fingerprint density at radius 2 is 0.816 bits per heavy atom. The van der Waals surface area contributed by atoms with Crippen molar-refractivity contribution in [3.63, 3.8) is 0 Å². The Balaban J connectivity index is 2.07. The molecule has 76 heavy (non-hydrogen) atoms. The fraction of sp³-hybridized carbons (Fsp3) is 0.836. The topological polar surface area (TPSA) is 149 Å². The molecule has 6 N–H and O–H groups in total. The maximum atomic E-state index is 13.1. The van der Waals surface area contributed by atoms with Gasteiger partial charge in [-0.2, -0.15) is 0 Å². The summed E-state index contributed by atoms with van der Waals surface area (Å²) in [6.07, 6.45) is 69.9. The van der Waals surface area contributed by atoms with Gasteiger partial charge in [-0.1, -0.05) is 299 Å². The molecule has 1 fully saturated rings. The third-order valence-electron chi connectivity index (χ3n) is 15.4. The molecular formula is C67H123NO8. The van der Waals surface area contributed by atoms with Crippen molar-refractivity contribution >= 4 is 5.91 Å². The van der Waals surface area contributed by atoms with Gasteiger partial charge in [0.1, 0.15) is 24.4 Å². The Kier molecular flexibility index (Phi) is 53.1. The monoisotopic (exact) mass is 1070 g/mol. The van der Waals surface area contributed by atoms with Gasteiger partial charge in [-0.05, 0) is 57.8 Å². The van der Waals surface area contributed by atoms with Gasteiger partial charge in [-0.15, -0.1) is 0 Å². The van der Waals surface area contributed by atoms with Crippen LogP contribution in [0.25, 0.3) is 0 Å². The highest BCUT2D eigenvalue weighted by Crippen LogP contribution is 2.23. The Bertz CT molecular complexity index is 1380. The molecule has 1 aliphatic rings. The van der Waals surface area contributed by atoms with Gasteiger partial charge in [0, 0.05) is 6.42 Å². The van der Waals surface area contributed by atoms with Crippen LogP contribution in [0.1, 0.15) is 303 Å². The maximum Gasteiger partial charge on any atom is 0.220 e. The van der Waals surface area contributed by atoms with Crippen molar-refractivity contribution in [2.75, 3.05) is 13.2 Å². The van der Waals surface area contributed by atoms with Gasteiger partial charge in [-0.25, -0.2) is 0 Å². The molecular weight excluding hydrogens is 947 g/mol. The molecule has 1 rings (SSSR count). The number of hydrogen-bond donors (Lipinski definition) is 6. The highest BCUT2D eigenvalue weighted by atomic mass is 16.7. The summed E-state index contributed by atoms with van der Waals surface area (Å²) in [7, 11) is 0. The molecule has 444 valence electrons. The predicted octanol–water partition coefficient (Wildman–Crippen LogP) is 17.0. The molecule has 0 radical (unpaired) electrons. The molecule has 7 atom stereocenters. The van der Waals surface area contributed by atoms with E-state index in [2.05, 4.69) is 79.9 Å². The highest BCUT2D eigenvalue weighted by molar-refractivity contribution is 5.76. The van der Waals surface area contributed by atoms with E-state index in [1.165, 1.54) is 205 Å². The number of carbonyl (C=O) groups excluding carboxylic acids is 1. The lowest BCUT2D eigenvalue weighted by molar-refractivity contribution is -0.302. The Hall–Kier alpha value is -2.11. The van der Waals surface area contributed by atoms with Gasteiger partial charge in [0.15, 0.2) is 6.29 Å². The molecule has 0 bridgehead atoms. The van der Waals surface area contributed by atoms with Crippen LogP contribution in [0.15, 0.2) is 60.8 Å². The first-order valence-electron chi connectivity index (χ1n) is 32.5. The van der Waals surface area contributed by atoms with E-state index in [0.717, 1.165) is 70.6 Å². The molecule has 0 aliphatic carbocycles. The Morgan fingerprint density at radius 3 is 1.21 bits per heavy atom. The van der Waals surface area contributed by atoms with Crippen LogP contribution in [-0.2, 0) is 14.3 Å². The van der Waals surface area contributed by atoms with E-state index in [9.17, 15) is 30.3 Å². The van der Waals surface area contributed by atoms with E-state index in [0.29, 0.717) is 12.8 Å². The number of ether oxygens (including phenoxy) is 2. The normalized spacial score (nSPS) is 19.2. The zero-order valence-electron chi connectivity index (χ0n) is 49.5. The predicted molar refractivity (Wildman–Crippen MR) is 322 cm³/mol. The van der Waals surface area contributed by atoms with Gasteiger partial charge < -0.3 is 40.3 Å². The molecule has 0 saturated carbocycles. The first-order valence-corrected chi connectivity index (χ1v) is 32.5. The molecule has 9 nitrogen and oxygen atoms in total. The molecule has 0 spiro atoms. The fourth-order valence-electron chi connectivity index (χ4n) is 10.3. The standard InChI is InChI=1S/C67H123NO8/c1-3-5-7-9-11-13-15-17-19-21-22-23-24-25-26-27-28-29-30-31-32-33-34-35-36-37-38-39-40-41-43-45-47-49-51-53-55-57-63(71)68-60(59-75-67-66(74)65(73)64(72)62(58-69)76-67)61(70)56-54-52-50-48-46-44-42-20-18-16-14-12-10-8-6-4-2/h5,7,11,13,17,19,22-23,25-26,60-62,64-67,69-70,72-74H,3-4,6,8-10,12,14-16,18,20-21,24,27-59H2,1-2H3,(H,68,71)/b7-5-,13-11-,19-17-,23-22-,26-25-. The van der Waals surface area contributed by atoms with Crippen molar-refractivity contribution in [2.45, 2.75) is 346 Å². The largest absolute Gasteiger partial charge is 0.394 e. The SMILES string of the molecule is CC/C=C\C/C=C\C/C=C\C/C=C\C/C=C\CCCCCCCCCCCCCCCCCCCCCCCC(=O)NC(COC1OC(CO)C(O)C(O)C1O)C(O)CCCCCCCCCCCCCCCCCC. The zero-order valence-corrected chi connectivity index (χ0v) is 49.5. The van der Waals surface area contributed by atoms with E-state index in [1.807, 2.05) is 0 Å². The summed E-state index contributed by atoms with van der Waals surface area (Å²) in [5, 5.41) is 54.8. The number of aliphatic hydroxyl groups excluding tert-OH is 5. The lowest BCUT2D eigenvalue weighted by Crippen LogP contribution is -2.60. The van der Waals surface area contributed by atoms with Crippen molar-refractivity contribution in [3.05, 3.63) is 60.8 Å². The minimum Gasteiger partial charge on any atom is -0.394 e. The molecule has 1 saturated heterocycles. The van der Waals surface area contributed by atoms with E-state index in [4.69, 9.17) is 9.47 Å². The zero-order chi connectivity index (χ0) is 55.0. The van der Waals surface area contributed by atoms with Crippen LogP contribution in [0.3, 0.4) is 0 Å². The van der Waals surface area contributed by atoms with E-state index >= 15 is 0 Å². The molecule has 1 amide bonds. The average molecular weight is 1070 g/mol. The number of unbranched alkanes of at least 4 members (excludes halogenated alkanes) is 36. The summed E-state index contributed by atoms with van der Waals surface area (Å²) in [6.45, 7) is 3.75. The first kappa shape index (κ1) is 71.9. The third kappa shape index (κ3) is 44.7. The van der Waals surface area contributed by atoms with Crippen molar-refractivity contribution in [2.24, 2.45) is 0 Å². The summed E-state index contributed by atoms with van der Waals surface area (Å²) in [5.41, 5.74) is 0. The lowest BCUT2D eigenvalue weighted by Gasteiger charge is -2.40. The summed E-state index contributed by atoms with van der Waals surface area (Å²) in [6, 6.07) is -0.719. The third-order valence-corrected chi connectivity index (χ3v) is 15.4. The van der Waals surface area contributed by atoms with Crippen molar-refractivity contribution < 1.29 is 39.8 Å². The lowest BCUT2D eigenvalue weighted by atomic mass is 9.99. The second kappa shape index (κ2) is 56.2. The van der Waals surface area contributed by atoms with Crippen LogP contribution in [-0.4, -0.2) is 87.5 Å². The van der Waals surface area contributed by atoms with Crippen molar-refractivity contribution in [1.29, 1.82) is 0 Å². The van der Waals surface area contributed by atoms with Gasteiger partial charge >= 0.3 is 0 Å². The summed E-state index contributed by atoms with van der Waals surface area (Å²) < 4.78 is 11.3. The van der Waals surface area contributed by atoms with Crippen LogP contribution in [0, 0.1) is 0 Å². The van der Waals surface area contributed by atoms with E-state index < -0.39 is 49.5 Å². The summed E-state index contributed by atoms with van der Waals surface area (Å²) in [4.78, 5) is 13.1. The van der Waals surface area contributed by atoms with Crippen LogP contribution < -0.4 is 5.32 Å². The molecule has 7 unspecified atom stereocenters. The minimum absolute atomic E-state index is 0.135. The van der Waals surface area contributed by atoms with Crippen LogP contribution in [0.4, 0.5) is 0 Å². The molecule has 1 heterocycles. The van der Waals surface area contributed by atoms with Gasteiger partial charge in [0.05, 0.1) is 25.4 Å². The number of aliphatic hydroxyl groups is 5. The quantitative estimate of drug-likeness (QED) is 0.0261. The average Bonchev–Trinajstić information content (AvgIpc) is 3.42. The molecule has 0 aromatic carbocycles. The highest BCUT2D eigenvalue weighted by Gasteiger charge is 2.44. The summed E-state index contributed by atoms with van der Waals surface area (Å²) >= 11 is 0. The van der Waals surface area contributed by atoms with Gasteiger partial charge in [0.25, 0.3) is 0 Å². The van der Waals surface area contributed by atoms with E-state index in [1.54, 1.807) is 0 Å². The van der Waals surface area contributed by atoms with E-state index in [-0.39, 0.29) is 12.5 Å². The molecule has 1 aliphatic heterocycles. The number of hydrogen-bond acceptors (Lipinski definition) is 8. The van der Waals surface area contributed by atoms with Crippen LogP contribution >= 0.6 is 0 Å². The molecule has 0 aromatic rings. The smallest absolute Gasteiger partial charge is 0.220 e. The second-order valence-electron chi connectivity index (χ2n) is 22.5. The Morgan fingerprint density at radius 1 is 0.461 bits per heavy atom. The molecule has 0 aromatic heterocycles. The van der Waals surface area contributed by atoms with Crippen LogP contribution in [0.2, 0.25) is 0 Å². The number of allylic oxidation sites excluding steroid dienone is 10. The maximum absolute atomic E-state index is 13.1. The summed E-state index contributed by atoms with van der Waals surface area (Å²) in [5.74, 6) is -0.140. The minimum atomic E-state index is -1.55. The molecule has 9 heteroatoms. The first-order chi connectivity index (χ1) is 37.3. The van der Waals surface area contributed by atoms with Crippen molar-refractivity contribution in [3.8, 4) is 0 Å². The van der Waals surface area contributed by atoms with Gasteiger partial charge in [0.2, 0.25) is 5.91 Å². The van der Waals surface area contributed by atoms with Gasteiger partial charge in [-0.3, -0.25) is 4.79 Å². The number of carbonyl (C=O) groups is 1. The fourth-order valence-corrected chi connectivity index (χ4v) is 10.3. The Labute approximate surface area is 468 Å². The van der Waals surface area contributed by atoms with Crippen molar-refractivity contribution in [1.82, 2.24) is 5.32 Å². The second-order valence-corrected chi connectivity index (χ2v) is 22.5. The number of rotatable bonds is 56. The number of amides is 1. The number of nitrogens with one attached hydrogen (secondary N) is 1.